The van der Waals surface area contributed by atoms with Crippen molar-refractivity contribution in [1.82, 2.24) is 10.2 Å². The third-order valence-electron chi connectivity index (χ3n) is 4.81. The fraction of sp³-hybridized carbons (Fsp3) is 0.933. The second kappa shape index (κ2) is 5.41. The molecule has 0 aromatic rings. The van der Waals surface area contributed by atoms with Crippen LogP contribution in [0.25, 0.3) is 0 Å². The molecule has 0 saturated carbocycles. The van der Waals surface area contributed by atoms with Crippen molar-refractivity contribution in [3.05, 3.63) is 0 Å². The van der Waals surface area contributed by atoms with Gasteiger partial charge in [0.1, 0.15) is 0 Å². The number of hydrogen-bond acceptors (Lipinski definition) is 3. The highest BCUT2D eigenvalue weighted by Gasteiger charge is 2.35. The highest BCUT2D eigenvalue weighted by Crippen LogP contribution is 2.33. The van der Waals surface area contributed by atoms with E-state index in [9.17, 15) is 4.79 Å². The predicted octanol–water partition coefficient (Wildman–Crippen LogP) is 1.54. The molecule has 4 heteroatoms. The normalized spacial score (nSPS) is 42.4. The number of morpholine rings is 1. The number of hydrogen-bond donors (Lipinski definition) is 1. The van der Waals surface area contributed by atoms with E-state index in [4.69, 9.17) is 4.74 Å². The van der Waals surface area contributed by atoms with Gasteiger partial charge in [0, 0.05) is 31.6 Å². The van der Waals surface area contributed by atoms with Crippen molar-refractivity contribution in [2.24, 2.45) is 5.92 Å². The van der Waals surface area contributed by atoms with Crippen LogP contribution in [0.1, 0.15) is 46.0 Å². The Morgan fingerprint density at radius 2 is 1.74 bits per heavy atom. The minimum atomic E-state index is 0.178. The second-order valence-corrected chi connectivity index (χ2v) is 6.74. The van der Waals surface area contributed by atoms with E-state index in [-0.39, 0.29) is 12.2 Å². The maximum atomic E-state index is 12.4. The fourth-order valence-electron chi connectivity index (χ4n) is 4.10. The van der Waals surface area contributed by atoms with Crippen LogP contribution in [0.5, 0.6) is 0 Å². The molecule has 1 amide bonds. The van der Waals surface area contributed by atoms with Gasteiger partial charge in [-0.05, 0) is 45.4 Å². The Morgan fingerprint density at radius 1 is 1.16 bits per heavy atom. The molecule has 3 aliphatic rings. The summed E-state index contributed by atoms with van der Waals surface area (Å²) < 4.78 is 5.70. The van der Waals surface area contributed by atoms with Gasteiger partial charge in [0.2, 0.25) is 5.91 Å². The highest BCUT2D eigenvalue weighted by atomic mass is 16.5. The van der Waals surface area contributed by atoms with E-state index in [1.165, 1.54) is 25.7 Å². The van der Waals surface area contributed by atoms with E-state index in [0.717, 1.165) is 19.5 Å². The van der Waals surface area contributed by atoms with Crippen LogP contribution >= 0.6 is 0 Å². The van der Waals surface area contributed by atoms with E-state index in [0.29, 0.717) is 23.9 Å². The average Bonchev–Trinajstić information content (AvgIpc) is 2.67. The lowest BCUT2D eigenvalue weighted by Gasteiger charge is -2.37. The first kappa shape index (κ1) is 13.4. The zero-order valence-corrected chi connectivity index (χ0v) is 12.1. The summed E-state index contributed by atoms with van der Waals surface area (Å²) in [5.41, 5.74) is 0. The molecule has 4 nitrogen and oxygen atoms in total. The highest BCUT2D eigenvalue weighted by molar-refractivity contribution is 5.76. The van der Waals surface area contributed by atoms with Crippen LogP contribution in [0.3, 0.4) is 0 Å². The first-order chi connectivity index (χ1) is 9.10. The number of fused-ring (bicyclic) bond motifs is 2. The van der Waals surface area contributed by atoms with Crippen LogP contribution in [0, 0.1) is 5.92 Å². The summed E-state index contributed by atoms with van der Waals surface area (Å²) in [6, 6.07) is 1.36. The van der Waals surface area contributed by atoms with Gasteiger partial charge in [0.05, 0.1) is 12.2 Å². The number of carbonyl (C=O) groups excluding carboxylic acids is 1. The number of piperidine rings is 1. The largest absolute Gasteiger partial charge is 0.372 e. The Bertz CT molecular complexity index is 325. The van der Waals surface area contributed by atoms with Gasteiger partial charge in [0.25, 0.3) is 0 Å². The smallest absolute Gasteiger partial charge is 0.223 e. The van der Waals surface area contributed by atoms with E-state index in [2.05, 4.69) is 19.2 Å². The molecule has 19 heavy (non-hydrogen) atoms. The van der Waals surface area contributed by atoms with Crippen molar-refractivity contribution in [1.29, 1.82) is 0 Å². The lowest BCUT2D eigenvalue weighted by Crippen LogP contribution is -2.49. The Labute approximate surface area is 115 Å². The molecule has 3 aliphatic heterocycles. The first-order valence-electron chi connectivity index (χ1n) is 7.79. The standard InChI is InChI=1S/C15H26N2O2/c1-10-8-17(9-11(2)19-10)15(18)7-12-5-13-3-4-14(6-12)16-13/h10-14,16H,3-9H2,1-2H3/t10-,11+,12?,13?,14?. The summed E-state index contributed by atoms with van der Waals surface area (Å²) in [6.07, 6.45) is 6.10. The van der Waals surface area contributed by atoms with Crippen molar-refractivity contribution in [3.8, 4) is 0 Å². The molecule has 0 spiro atoms. The predicted molar refractivity (Wildman–Crippen MR) is 73.9 cm³/mol. The van der Waals surface area contributed by atoms with Crippen LogP contribution in [0.15, 0.2) is 0 Å². The topological polar surface area (TPSA) is 41.6 Å². The van der Waals surface area contributed by atoms with Crippen LogP contribution in [-0.4, -0.2) is 48.2 Å². The second-order valence-electron chi connectivity index (χ2n) is 6.74. The van der Waals surface area contributed by atoms with Crippen LogP contribution in [-0.2, 0) is 9.53 Å². The lowest BCUT2D eigenvalue weighted by atomic mass is 9.89. The van der Waals surface area contributed by atoms with Gasteiger partial charge in [0.15, 0.2) is 0 Å². The number of rotatable bonds is 2. The summed E-state index contributed by atoms with van der Waals surface area (Å²) >= 11 is 0. The van der Waals surface area contributed by atoms with Crippen molar-refractivity contribution in [2.75, 3.05) is 13.1 Å². The molecule has 0 aromatic heterocycles. The molecule has 2 bridgehead atoms. The van der Waals surface area contributed by atoms with Crippen LogP contribution in [0.2, 0.25) is 0 Å². The number of nitrogens with one attached hydrogen (secondary N) is 1. The summed E-state index contributed by atoms with van der Waals surface area (Å²) in [4.78, 5) is 14.5. The number of amides is 1. The van der Waals surface area contributed by atoms with Gasteiger partial charge in [-0.2, -0.15) is 0 Å². The summed E-state index contributed by atoms with van der Waals surface area (Å²) in [6.45, 7) is 5.64. The molecular formula is C15H26N2O2. The van der Waals surface area contributed by atoms with Crippen molar-refractivity contribution in [3.63, 3.8) is 0 Å². The lowest BCUT2D eigenvalue weighted by molar-refractivity contribution is -0.144. The molecule has 0 radical (unpaired) electrons. The zero-order chi connectivity index (χ0) is 13.4. The molecule has 4 atom stereocenters. The third-order valence-corrected chi connectivity index (χ3v) is 4.81. The minimum absolute atomic E-state index is 0.178. The molecule has 3 rings (SSSR count). The van der Waals surface area contributed by atoms with Gasteiger partial charge in [-0.1, -0.05) is 0 Å². The van der Waals surface area contributed by atoms with Crippen LogP contribution < -0.4 is 5.32 Å². The zero-order valence-electron chi connectivity index (χ0n) is 12.1. The quantitative estimate of drug-likeness (QED) is 0.824. The van der Waals surface area contributed by atoms with E-state index in [1.807, 2.05) is 4.90 Å². The average molecular weight is 266 g/mol. The van der Waals surface area contributed by atoms with E-state index < -0.39 is 0 Å². The van der Waals surface area contributed by atoms with Gasteiger partial charge in [-0.3, -0.25) is 4.79 Å². The van der Waals surface area contributed by atoms with E-state index >= 15 is 0 Å². The van der Waals surface area contributed by atoms with Gasteiger partial charge in [-0.15, -0.1) is 0 Å². The molecule has 3 saturated heterocycles. The molecule has 1 N–H and O–H groups in total. The SMILES string of the molecule is C[C@@H]1CN(C(=O)CC2CC3CCC(C2)N3)C[C@H](C)O1. The molecule has 0 aliphatic carbocycles. The number of nitrogens with zero attached hydrogens (tertiary/aromatic N) is 1. The summed E-state index contributed by atoms with van der Waals surface area (Å²) in [5, 5.41) is 3.64. The maximum absolute atomic E-state index is 12.4. The Balaban J connectivity index is 1.53. The first-order valence-corrected chi connectivity index (χ1v) is 7.79. The molecule has 0 aromatic carbocycles. The van der Waals surface area contributed by atoms with E-state index in [1.54, 1.807) is 0 Å². The van der Waals surface area contributed by atoms with Crippen molar-refractivity contribution < 1.29 is 9.53 Å². The molecule has 3 heterocycles. The van der Waals surface area contributed by atoms with Gasteiger partial charge >= 0.3 is 0 Å². The number of carbonyl (C=O) groups is 1. The molecule has 3 fully saturated rings. The minimum Gasteiger partial charge on any atom is -0.372 e. The third kappa shape index (κ3) is 3.11. The fourth-order valence-corrected chi connectivity index (χ4v) is 4.10. The van der Waals surface area contributed by atoms with Crippen molar-refractivity contribution >= 4 is 5.91 Å². The molecular weight excluding hydrogens is 240 g/mol. The summed E-state index contributed by atoms with van der Waals surface area (Å²) in [5.74, 6) is 0.938. The summed E-state index contributed by atoms with van der Waals surface area (Å²) in [7, 11) is 0. The monoisotopic (exact) mass is 266 g/mol. The maximum Gasteiger partial charge on any atom is 0.223 e. The molecule has 2 unspecified atom stereocenters. The number of ether oxygens (including phenoxy) is 1. The van der Waals surface area contributed by atoms with Gasteiger partial charge in [-0.25, -0.2) is 0 Å². The Kier molecular flexibility index (Phi) is 3.81. The van der Waals surface area contributed by atoms with Crippen LogP contribution in [0.4, 0.5) is 0 Å². The van der Waals surface area contributed by atoms with Gasteiger partial charge < -0.3 is 15.0 Å². The Hall–Kier alpha value is -0.610. The van der Waals surface area contributed by atoms with Crippen molar-refractivity contribution in [2.45, 2.75) is 70.2 Å². The molecule has 108 valence electrons. The Morgan fingerprint density at radius 3 is 2.32 bits per heavy atom.